The van der Waals surface area contributed by atoms with E-state index in [1.807, 2.05) is 32.0 Å². The summed E-state index contributed by atoms with van der Waals surface area (Å²) in [5.74, 6) is 0. The van der Waals surface area contributed by atoms with Gasteiger partial charge in [0.05, 0.1) is 12.7 Å². The molecule has 0 bridgehead atoms. The molecule has 0 heterocycles. The van der Waals surface area contributed by atoms with Crippen LogP contribution in [0.25, 0.3) is 0 Å². The van der Waals surface area contributed by atoms with Crippen LogP contribution in [0, 0.1) is 25.2 Å². The number of ether oxygens (including phenoxy) is 1. The molecule has 0 radical (unpaired) electrons. The van der Waals surface area contributed by atoms with Crippen LogP contribution in [0.3, 0.4) is 0 Å². The Labute approximate surface area is 96.3 Å². The number of hydrogen-bond acceptors (Lipinski definition) is 3. The summed E-state index contributed by atoms with van der Waals surface area (Å²) in [7, 11) is 0. The van der Waals surface area contributed by atoms with Crippen molar-refractivity contribution in [3.8, 4) is 6.07 Å². The normalized spacial score (nSPS) is 12.1. The molecule has 0 saturated carbocycles. The summed E-state index contributed by atoms with van der Waals surface area (Å²) in [4.78, 5) is 0. The SMILES string of the molecule is Cc1ccc(C(C#N)OCCCO)c(C)c1. The Balaban J connectivity index is 2.76. The van der Waals surface area contributed by atoms with Crippen LogP contribution in [-0.4, -0.2) is 18.3 Å². The number of nitriles is 1. The zero-order valence-corrected chi connectivity index (χ0v) is 9.73. The number of aliphatic hydroxyl groups is 1. The van der Waals surface area contributed by atoms with Gasteiger partial charge in [-0.05, 0) is 31.4 Å². The van der Waals surface area contributed by atoms with E-state index in [2.05, 4.69) is 6.07 Å². The van der Waals surface area contributed by atoms with E-state index in [-0.39, 0.29) is 6.61 Å². The van der Waals surface area contributed by atoms with E-state index >= 15 is 0 Å². The third-order valence-electron chi connectivity index (χ3n) is 2.41. The van der Waals surface area contributed by atoms with Crippen LogP contribution >= 0.6 is 0 Å². The highest BCUT2D eigenvalue weighted by Gasteiger charge is 2.12. The molecular formula is C13H17NO2. The van der Waals surface area contributed by atoms with Crippen LogP contribution < -0.4 is 0 Å². The quantitative estimate of drug-likeness (QED) is 0.773. The molecule has 86 valence electrons. The number of hydrogen-bond donors (Lipinski definition) is 1. The monoisotopic (exact) mass is 219 g/mol. The number of benzene rings is 1. The van der Waals surface area contributed by atoms with E-state index in [9.17, 15) is 0 Å². The summed E-state index contributed by atoms with van der Waals surface area (Å²) in [6, 6.07) is 8.07. The minimum Gasteiger partial charge on any atom is -0.396 e. The Morgan fingerprint density at radius 3 is 2.75 bits per heavy atom. The van der Waals surface area contributed by atoms with Crippen molar-refractivity contribution in [3.63, 3.8) is 0 Å². The summed E-state index contributed by atoms with van der Waals surface area (Å²) >= 11 is 0. The molecule has 3 nitrogen and oxygen atoms in total. The molecule has 0 aliphatic carbocycles. The van der Waals surface area contributed by atoms with Crippen molar-refractivity contribution in [2.75, 3.05) is 13.2 Å². The molecule has 1 aromatic rings. The zero-order valence-electron chi connectivity index (χ0n) is 9.73. The van der Waals surface area contributed by atoms with Gasteiger partial charge in [-0.25, -0.2) is 0 Å². The van der Waals surface area contributed by atoms with Crippen LogP contribution in [-0.2, 0) is 4.74 Å². The number of aliphatic hydroxyl groups excluding tert-OH is 1. The maximum atomic E-state index is 9.04. The fourth-order valence-corrected chi connectivity index (χ4v) is 1.58. The van der Waals surface area contributed by atoms with Gasteiger partial charge in [-0.1, -0.05) is 23.8 Å². The summed E-state index contributed by atoms with van der Waals surface area (Å²) < 4.78 is 5.42. The molecule has 0 fully saturated rings. The number of aryl methyl sites for hydroxylation is 2. The Kier molecular flexibility index (Phi) is 4.97. The van der Waals surface area contributed by atoms with E-state index in [0.29, 0.717) is 13.0 Å². The van der Waals surface area contributed by atoms with Gasteiger partial charge in [0.25, 0.3) is 0 Å². The lowest BCUT2D eigenvalue weighted by molar-refractivity contribution is 0.0770. The third kappa shape index (κ3) is 3.34. The lowest BCUT2D eigenvalue weighted by Gasteiger charge is -2.13. The minimum absolute atomic E-state index is 0.0883. The summed E-state index contributed by atoms with van der Waals surface area (Å²) in [6.07, 6.45) is 0.0236. The Bertz CT molecular complexity index is 382. The molecule has 0 aliphatic heterocycles. The predicted molar refractivity (Wildman–Crippen MR) is 61.9 cm³/mol. The first-order valence-electron chi connectivity index (χ1n) is 5.38. The lowest BCUT2D eigenvalue weighted by Crippen LogP contribution is -2.06. The molecular weight excluding hydrogens is 202 g/mol. The van der Waals surface area contributed by atoms with E-state index in [1.165, 1.54) is 5.56 Å². The van der Waals surface area contributed by atoms with Crippen LogP contribution in [0.5, 0.6) is 0 Å². The van der Waals surface area contributed by atoms with Crippen molar-refractivity contribution >= 4 is 0 Å². The predicted octanol–water partition coefficient (Wildman–Crippen LogP) is 2.27. The van der Waals surface area contributed by atoms with Crippen LogP contribution in [0.1, 0.15) is 29.2 Å². The van der Waals surface area contributed by atoms with Crippen molar-refractivity contribution in [1.29, 1.82) is 5.26 Å². The molecule has 1 aromatic carbocycles. The molecule has 0 aliphatic rings. The standard InChI is InChI=1S/C13H17NO2/c1-10-4-5-12(11(2)8-10)13(9-14)16-7-3-6-15/h4-5,8,13,15H,3,6-7H2,1-2H3. The van der Waals surface area contributed by atoms with Crippen molar-refractivity contribution in [2.45, 2.75) is 26.4 Å². The van der Waals surface area contributed by atoms with Gasteiger partial charge < -0.3 is 9.84 Å². The smallest absolute Gasteiger partial charge is 0.169 e. The summed E-state index contributed by atoms with van der Waals surface area (Å²) in [6.45, 7) is 4.49. The van der Waals surface area contributed by atoms with Crippen LogP contribution in [0.2, 0.25) is 0 Å². The molecule has 3 heteroatoms. The first-order valence-corrected chi connectivity index (χ1v) is 5.38. The second-order valence-corrected chi connectivity index (χ2v) is 3.82. The summed E-state index contributed by atoms with van der Waals surface area (Å²) in [5, 5.41) is 17.7. The Morgan fingerprint density at radius 2 is 2.19 bits per heavy atom. The van der Waals surface area contributed by atoms with Crippen molar-refractivity contribution < 1.29 is 9.84 Å². The highest BCUT2D eigenvalue weighted by atomic mass is 16.5. The van der Waals surface area contributed by atoms with Crippen LogP contribution in [0.4, 0.5) is 0 Å². The van der Waals surface area contributed by atoms with Crippen molar-refractivity contribution in [3.05, 3.63) is 34.9 Å². The fourth-order valence-electron chi connectivity index (χ4n) is 1.58. The Hall–Kier alpha value is -1.37. The van der Waals surface area contributed by atoms with Gasteiger partial charge in [0, 0.05) is 6.61 Å². The molecule has 16 heavy (non-hydrogen) atoms. The van der Waals surface area contributed by atoms with Gasteiger partial charge in [0.2, 0.25) is 0 Å². The summed E-state index contributed by atoms with van der Waals surface area (Å²) in [5.41, 5.74) is 3.15. The second kappa shape index (κ2) is 6.26. The first kappa shape index (κ1) is 12.7. The van der Waals surface area contributed by atoms with Gasteiger partial charge in [-0.3, -0.25) is 0 Å². The van der Waals surface area contributed by atoms with E-state index in [4.69, 9.17) is 15.1 Å². The van der Waals surface area contributed by atoms with Gasteiger partial charge in [-0.2, -0.15) is 5.26 Å². The molecule has 1 rings (SSSR count). The van der Waals surface area contributed by atoms with Crippen molar-refractivity contribution in [1.82, 2.24) is 0 Å². The molecule has 0 aromatic heterocycles. The topological polar surface area (TPSA) is 53.2 Å². The first-order chi connectivity index (χ1) is 7.69. The molecule has 1 atom stereocenters. The highest BCUT2D eigenvalue weighted by molar-refractivity contribution is 5.34. The number of rotatable bonds is 5. The largest absolute Gasteiger partial charge is 0.396 e. The van der Waals surface area contributed by atoms with Gasteiger partial charge in [-0.15, -0.1) is 0 Å². The van der Waals surface area contributed by atoms with E-state index in [1.54, 1.807) is 0 Å². The van der Waals surface area contributed by atoms with Crippen LogP contribution in [0.15, 0.2) is 18.2 Å². The third-order valence-corrected chi connectivity index (χ3v) is 2.41. The average molecular weight is 219 g/mol. The maximum Gasteiger partial charge on any atom is 0.169 e. The van der Waals surface area contributed by atoms with Gasteiger partial charge in [0.1, 0.15) is 0 Å². The average Bonchev–Trinajstić information content (AvgIpc) is 2.26. The van der Waals surface area contributed by atoms with E-state index in [0.717, 1.165) is 11.1 Å². The Morgan fingerprint density at radius 1 is 1.44 bits per heavy atom. The van der Waals surface area contributed by atoms with Crippen molar-refractivity contribution in [2.24, 2.45) is 0 Å². The maximum absolute atomic E-state index is 9.04. The van der Waals surface area contributed by atoms with E-state index < -0.39 is 6.10 Å². The molecule has 1 N–H and O–H groups in total. The zero-order chi connectivity index (χ0) is 12.0. The molecule has 0 amide bonds. The second-order valence-electron chi connectivity index (χ2n) is 3.82. The lowest BCUT2D eigenvalue weighted by atomic mass is 10.0. The molecule has 0 saturated heterocycles. The fraction of sp³-hybridized carbons (Fsp3) is 0.462. The minimum atomic E-state index is -0.535. The number of nitrogens with zero attached hydrogens (tertiary/aromatic N) is 1. The molecule has 1 unspecified atom stereocenters. The van der Waals surface area contributed by atoms with Gasteiger partial charge >= 0.3 is 0 Å². The molecule has 0 spiro atoms. The highest BCUT2D eigenvalue weighted by Crippen LogP contribution is 2.21. The van der Waals surface area contributed by atoms with Gasteiger partial charge in [0.15, 0.2) is 6.10 Å².